The van der Waals surface area contributed by atoms with Gasteiger partial charge in [0.2, 0.25) is 0 Å². The molecular formula is C11H14BrN3. The summed E-state index contributed by atoms with van der Waals surface area (Å²) in [6.45, 7) is 3.00. The first kappa shape index (κ1) is 10.6. The number of likely N-dealkylation sites (N-methyl/N-ethyl adjacent to an activating group) is 1. The molecule has 2 aromatic heterocycles. The van der Waals surface area contributed by atoms with Gasteiger partial charge in [-0.25, -0.2) is 4.98 Å². The van der Waals surface area contributed by atoms with Crippen molar-refractivity contribution in [2.24, 2.45) is 0 Å². The maximum Gasteiger partial charge on any atom is 0.132 e. The van der Waals surface area contributed by atoms with Crippen molar-refractivity contribution in [3.05, 3.63) is 34.3 Å². The molecule has 0 bridgehead atoms. The van der Waals surface area contributed by atoms with E-state index >= 15 is 0 Å². The van der Waals surface area contributed by atoms with Crippen molar-refractivity contribution < 1.29 is 0 Å². The SMILES string of the molecule is CNCCc1cccn2c(C)nc(Br)c12. The van der Waals surface area contributed by atoms with Crippen LogP contribution in [0.25, 0.3) is 5.52 Å². The van der Waals surface area contributed by atoms with Crippen molar-refractivity contribution in [3.63, 3.8) is 0 Å². The van der Waals surface area contributed by atoms with E-state index in [-0.39, 0.29) is 0 Å². The molecule has 0 radical (unpaired) electrons. The van der Waals surface area contributed by atoms with Gasteiger partial charge in [-0.15, -0.1) is 0 Å². The zero-order valence-electron chi connectivity index (χ0n) is 8.92. The van der Waals surface area contributed by atoms with Crippen LogP contribution in [0, 0.1) is 6.92 Å². The number of rotatable bonds is 3. The van der Waals surface area contributed by atoms with Gasteiger partial charge in [0, 0.05) is 6.20 Å². The third kappa shape index (κ3) is 1.92. The van der Waals surface area contributed by atoms with Crippen LogP contribution in [0.5, 0.6) is 0 Å². The van der Waals surface area contributed by atoms with E-state index in [9.17, 15) is 0 Å². The molecule has 15 heavy (non-hydrogen) atoms. The fourth-order valence-corrected chi connectivity index (χ4v) is 2.47. The van der Waals surface area contributed by atoms with Crippen LogP contribution >= 0.6 is 15.9 Å². The molecule has 0 fully saturated rings. The van der Waals surface area contributed by atoms with Gasteiger partial charge in [-0.1, -0.05) is 6.07 Å². The number of aryl methyl sites for hydroxylation is 1. The van der Waals surface area contributed by atoms with Crippen LogP contribution in [-0.2, 0) is 6.42 Å². The minimum absolute atomic E-state index is 0.937. The summed E-state index contributed by atoms with van der Waals surface area (Å²) in [6.07, 6.45) is 3.07. The van der Waals surface area contributed by atoms with Crippen LogP contribution in [0.3, 0.4) is 0 Å². The van der Waals surface area contributed by atoms with Gasteiger partial charge in [-0.05, 0) is 54.5 Å². The Bertz CT molecular complexity index is 476. The van der Waals surface area contributed by atoms with Crippen LogP contribution < -0.4 is 5.32 Å². The normalized spacial score (nSPS) is 11.1. The predicted octanol–water partition coefficient (Wildman–Crippen LogP) is 2.17. The summed E-state index contributed by atoms with van der Waals surface area (Å²) in [5, 5.41) is 3.16. The largest absolute Gasteiger partial charge is 0.319 e. The second-order valence-electron chi connectivity index (χ2n) is 3.56. The highest BCUT2D eigenvalue weighted by Crippen LogP contribution is 2.22. The van der Waals surface area contributed by atoms with Crippen molar-refractivity contribution in [2.75, 3.05) is 13.6 Å². The molecule has 0 atom stereocenters. The molecule has 0 amide bonds. The Balaban J connectivity index is 2.54. The van der Waals surface area contributed by atoms with E-state index in [2.05, 4.69) is 42.8 Å². The van der Waals surface area contributed by atoms with Gasteiger partial charge in [0.1, 0.15) is 10.4 Å². The van der Waals surface area contributed by atoms with Crippen molar-refractivity contribution in [1.29, 1.82) is 0 Å². The maximum absolute atomic E-state index is 4.42. The standard InChI is InChI=1S/C11H14BrN3/c1-8-14-11(12)10-9(5-6-13-2)4-3-7-15(8)10/h3-4,7,13H,5-6H2,1-2H3. The van der Waals surface area contributed by atoms with E-state index in [1.54, 1.807) is 0 Å². The molecule has 2 heterocycles. The molecule has 2 aromatic rings. The first-order valence-electron chi connectivity index (χ1n) is 5.00. The average Bonchev–Trinajstić information content (AvgIpc) is 2.53. The summed E-state index contributed by atoms with van der Waals surface area (Å²) in [4.78, 5) is 4.42. The Kier molecular flexibility index (Phi) is 3.07. The lowest BCUT2D eigenvalue weighted by molar-refractivity contribution is 0.792. The van der Waals surface area contributed by atoms with E-state index in [0.717, 1.165) is 23.4 Å². The topological polar surface area (TPSA) is 29.3 Å². The number of nitrogens with one attached hydrogen (secondary N) is 1. The summed E-state index contributed by atoms with van der Waals surface area (Å²) < 4.78 is 3.06. The van der Waals surface area contributed by atoms with Gasteiger partial charge in [-0.3, -0.25) is 0 Å². The number of hydrogen-bond acceptors (Lipinski definition) is 2. The van der Waals surface area contributed by atoms with Crippen molar-refractivity contribution >= 4 is 21.4 Å². The van der Waals surface area contributed by atoms with Crippen molar-refractivity contribution in [2.45, 2.75) is 13.3 Å². The zero-order valence-corrected chi connectivity index (χ0v) is 10.5. The zero-order chi connectivity index (χ0) is 10.8. The molecule has 0 aliphatic rings. The quantitative estimate of drug-likeness (QED) is 0.924. The van der Waals surface area contributed by atoms with Gasteiger partial charge >= 0.3 is 0 Å². The molecule has 0 aromatic carbocycles. The average molecular weight is 268 g/mol. The molecule has 80 valence electrons. The molecule has 4 heteroatoms. The van der Waals surface area contributed by atoms with Gasteiger partial charge in [-0.2, -0.15) is 0 Å². The molecule has 0 saturated heterocycles. The molecule has 3 nitrogen and oxygen atoms in total. The molecule has 2 rings (SSSR count). The third-order valence-corrected chi connectivity index (χ3v) is 3.08. The first-order chi connectivity index (χ1) is 7.24. The van der Waals surface area contributed by atoms with Gasteiger partial charge in [0.15, 0.2) is 0 Å². The number of imidazole rings is 1. The molecule has 0 saturated carbocycles. The van der Waals surface area contributed by atoms with E-state index < -0.39 is 0 Å². The predicted molar refractivity (Wildman–Crippen MR) is 65.3 cm³/mol. The van der Waals surface area contributed by atoms with E-state index in [4.69, 9.17) is 0 Å². The number of halogens is 1. The number of pyridine rings is 1. The Morgan fingerprint density at radius 1 is 1.53 bits per heavy atom. The summed E-state index contributed by atoms with van der Waals surface area (Å²) in [7, 11) is 1.97. The van der Waals surface area contributed by atoms with Gasteiger partial charge in [0.25, 0.3) is 0 Å². The van der Waals surface area contributed by atoms with Crippen LogP contribution in [0.15, 0.2) is 22.9 Å². The lowest BCUT2D eigenvalue weighted by atomic mass is 10.1. The Morgan fingerprint density at radius 3 is 3.07 bits per heavy atom. The number of nitrogens with zero attached hydrogens (tertiary/aromatic N) is 2. The van der Waals surface area contributed by atoms with E-state index in [1.165, 1.54) is 11.1 Å². The van der Waals surface area contributed by atoms with E-state index in [0.29, 0.717) is 0 Å². The fourth-order valence-electron chi connectivity index (χ4n) is 1.77. The van der Waals surface area contributed by atoms with Crippen LogP contribution in [-0.4, -0.2) is 23.0 Å². The second kappa shape index (κ2) is 4.33. The minimum Gasteiger partial charge on any atom is -0.319 e. The Morgan fingerprint density at radius 2 is 2.33 bits per heavy atom. The molecular weight excluding hydrogens is 254 g/mol. The Labute approximate surface area is 97.6 Å². The summed E-state index contributed by atoms with van der Waals surface area (Å²) in [5.74, 6) is 1.02. The van der Waals surface area contributed by atoms with Gasteiger partial charge in [0.05, 0.1) is 5.52 Å². The fraction of sp³-hybridized carbons (Fsp3) is 0.364. The number of hydrogen-bond donors (Lipinski definition) is 1. The lowest BCUT2D eigenvalue weighted by Gasteiger charge is -2.04. The highest BCUT2D eigenvalue weighted by molar-refractivity contribution is 9.10. The molecule has 0 aliphatic heterocycles. The Hall–Kier alpha value is -0.870. The highest BCUT2D eigenvalue weighted by atomic mass is 79.9. The summed E-state index contributed by atoms with van der Waals surface area (Å²) >= 11 is 3.51. The van der Waals surface area contributed by atoms with Crippen LogP contribution in [0.2, 0.25) is 0 Å². The van der Waals surface area contributed by atoms with Crippen molar-refractivity contribution in [1.82, 2.24) is 14.7 Å². The molecule has 0 aliphatic carbocycles. The summed E-state index contributed by atoms with van der Waals surface area (Å²) in [6, 6.07) is 4.22. The smallest absolute Gasteiger partial charge is 0.132 e. The van der Waals surface area contributed by atoms with Crippen molar-refractivity contribution in [3.8, 4) is 0 Å². The van der Waals surface area contributed by atoms with Crippen LogP contribution in [0.1, 0.15) is 11.4 Å². The second-order valence-corrected chi connectivity index (χ2v) is 4.31. The summed E-state index contributed by atoms with van der Waals surface area (Å²) in [5.41, 5.74) is 2.50. The minimum atomic E-state index is 0.937. The maximum atomic E-state index is 4.42. The molecule has 0 spiro atoms. The number of fused-ring (bicyclic) bond motifs is 1. The third-order valence-electron chi connectivity index (χ3n) is 2.53. The highest BCUT2D eigenvalue weighted by Gasteiger charge is 2.09. The first-order valence-corrected chi connectivity index (χ1v) is 5.80. The molecule has 1 N–H and O–H groups in total. The van der Waals surface area contributed by atoms with E-state index in [1.807, 2.05) is 20.2 Å². The molecule has 0 unspecified atom stereocenters. The number of aromatic nitrogens is 2. The van der Waals surface area contributed by atoms with Gasteiger partial charge < -0.3 is 9.72 Å². The lowest BCUT2D eigenvalue weighted by Crippen LogP contribution is -2.10. The van der Waals surface area contributed by atoms with Crippen LogP contribution in [0.4, 0.5) is 0 Å². The monoisotopic (exact) mass is 267 g/mol.